The van der Waals surface area contributed by atoms with Crippen molar-refractivity contribution >= 4 is 40.2 Å². The summed E-state index contributed by atoms with van der Waals surface area (Å²) < 4.78 is 9.72. The van der Waals surface area contributed by atoms with Gasteiger partial charge >= 0.3 is 0 Å². The summed E-state index contributed by atoms with van der Waals surface area (Å²) in [6, 6.07) is 18.5. The summed E-state index contributed by atoms with van der Waals surface area (Å²) >= 11 is 5.31. The van der Waals surface area contributed by atoms with E-state index in [0.29, 0.717) is 16.4 Å². The normalized spacial score (nSPS) is 11.9. The van der Waals surface area contributed by atoms with Crippen LogP contribution < -0.4 is 0 Å². The maximum atomic E-state index is 5.42. The van der Waals surface area contributed by atoms with Gasteiger partial charge in [0, 0.05) is 28.4 Å². The van der Waals surface area contributed by atoms with Crippen LogP contribution in [0.4, 0.5) is 0 Å². The van der Waals surface area contributed by atoms with Crippen molar-refractivity contribution in [2.24, 2.45) is 5.10 Å². The number of hydrogen-bond acceptors (Lipinski definition) is 4. The summed E-state index contributed by atoms with van der Waals surface area (Å²) in [5.74, 6) is 1.14. The third-order valence-corrected chi connectivity index (χ3v) is 5.09. The van der Waals surface area contributed by atoms with Gasteiger partial charge in [-0.3, -0.25) is 0 Å². The second-order valence-corrected chi connectivity index (χ2v) is 6.81. The Morgan fingerprint density at radius 1 is 1.11 bits per heavy atom. The number of hydrogen-bond donors (Lipinski definition) is 1. The number of nitrogens with one attached hydrogen (secondary N) is 1. The van der Waals surface area contributed by atoms with Crippen molar-refractivity contribution in [3.8, 4) is 11.6 Å². The summed E-state index contributed by atoms with van der Waals surface area (Å²) in [5.41, 5.74) is 3.45. The van der Waals surface area contributed by atoms with Crippen LogP contribution in [0.25, 0.3) is 33.4 Å². The lowest BCUT2D eigenvalue weighted by atomic mass is 10.1. The van der Waals surface area contributed by atoms with E-state index >= 15 is 0 Å². The molecular weight excluding hydrogens is 370 g/mol. The van der Waals surface area contributed by atoms with Crippen molar-refractivity contribution in [3.05, 3.63) is 71.2 Å². The molecule has 0 amide bonds. The van der Waals surface area contributed by atoms with Crippen LogP contribution in [0, 0.1) is 4.77 Å². The number of rotatable bonds is 4. The number of aromatic amines is 1. The second kappa shape index (κ2) is 6.61. The van der Waals surface area contributed by atoms with Crippen molar-refractivity contribution in [3.63, 3.8) is 0 Å². The molecule has 0 atom stereocenters. The first-order valence-corrected chi connectivity index (χ1v) is 9.43. The highest BCUT2D eigenvalue weighted by Gasteiger charge is 2.11. The number of benzene rings is 2. The van der Waals surface area contributed by atoms with Crippen LogP contribution in [0.1, 0.15) is 12.5 Å². The van der Waals surface area contributed by atoms with E-state index in [-0.39, 0.29) is 0 Å². The molecule has 1 N–H and O–H groups in total. The van der Waals surface area contributed by atoms with Crippen LogP contribution in [0.15, 0.2) is 70.4 Å². The molecule has 6 nitrogen and oxygen atoms in total. The van der Waals surface area contributed by atoms with E-state index in [4.69, 9.17) is 16.6 Å². The maximum Gasteiger partial charge on any atom is 0.219 e. The van der Waals surface area contributed by atoms with Gasteiger partial charge in [0.2, 0.25) is 10.6 Å². The van der Waals surface area contributed by atoms with Gasteiger partial charge in [-0.05, 0) is 55.0 Å². The molecule has 0 bridgehead atoms. The summed E-state index contributed by atoms with van der Waals surface area (Å²) in [6.07, 6.45) is 3.38. The number of H-pyrrole nitrogens is 1. The van der Waals surface area contributed by atoms with Gasteiger partial charge in [-0.25, -0.2) is 5.10 Å². The molecule has 28 heavy (non-hydrogen) atoms. The van der Waals surface area contributed by atoms with E-state index in [1.54, 1.807) is 23.2 Å². The van der Waals surface area contributed by atoms with Gasteiger partial charge in [0.25, 0.3) is 0 Å². The quantitative estimate of drug-likeness (QED) is 0.340. The number of nitrogens with zero attached hydrogens (tertiary/aromatic N) is 4. The third-order valence-electron chi connectivity index (χ3n) is 4.83. The van der Waals surface area contributed by atoms with Crippen LogP contribution in [0.3, 0.4) is 0 Å². The van der Waals surface area contributed by atoms with Crippen molar-refractivity contribution in [2.75, 3.05) is 0 Å². The van der Waals surface area contributed by atoms with Crippen molar-refractivity contribution < 1.29 is 4.42 Å². The smallest absolute Gasteiger partial charge is 0.219 e. The second-order valence-electron chi connectivity index (χ2n) is 6.42. The number of furan rings is 1. The molecule has 0 radical (unpaired) electrons. The predicted octanol–water partition coefficient (Wildman–Crippen LogP) is 5.21. The third kappa shape index (κ3) is 2.59. The lowest BCUT2D eigenvalue weighted by Crippen LogP contribution is -1.95. The highest BCUT2D eigenvalue weighted by Crippen LogP contribution is 2.29. The first-order valence-electron chi connectivity index (χ1n) is 9.03. The molecule has 0 aliphatic heterocycles. The average Bonchev–Trinajstić information content (AvgIpc) is 3.44. The molecule has 3 aromatic heterocycles. The standard InChI is InChI=1S/C21H17N5OS/c1-2-25-17-7-4-3-6-15(17)16-12-14(9-10-18(16)25)13-22-26-20(23-24-21(26)28)19-8-5-11-27-19/h3-13H,2H2,1H3,(H,24,28). The minimum atomic E-state index is 0.409. The zero-order valence-electron chi connectivity index (χ0n) is 15.2. The number of para-hydroxylation sites is 1. The molecule has 5 aromatic rings. The fourth-order valence-electron chi connectivity index (χ4n) is 3.58. The van der Waals surface area contributed by atoms with Gasteiger partial charge in [0.05, 0.1) is 12.5 Å². The van der Waals surface area contributed by atoms with Gasteiger partial charge < -0.3 is 8.98 Å². The molecule has 3 heterocycles. The molecule has 2 aromatic carbocycles. The lowest BCUT2D eigenvalue weighted by Gasteiger charge is -2.02. The monoisotopic (exact) mass is 387 g/mol. The molecule has 0 saturated heterocycles. The van der Waals surface area contributed by atoms with E-state index in [1.165, 1.54) is 21.8 Å². The minimum absolute atomic E-state index is 0.409. The van der Waals surface area contributed by atoms with Crippen LogP contribution in [-0.2, 0) is 6.54 Å². The zero-order chi connectivity index (χ0) is 19.1. The van der Waals surface area contributed by atoms with Gasteiger partial charge in [-0.15, -0.1) is 5.10 Å². The molecule has 0 spiro atoms. The van der Waals surface area contributed by atoms with E-state index in [1.807, 2.05) is 6.07 Å². The number of aromatic nitrogens is 4. The molecule has 0 aliphatic carbocycles. The molecule has 0 fully saturated rings. The number of aryl methyl sites for hydroxylation is 1. The van der Waals surface area contributed by atoms with E-state index in [2.05, 4.69) is 69.3 Å². The average molecular weight is 387 g/mol. The Labute approximate surface area is 165 Å². The van der Waals surface area contributed by atoms with Crippen molar-refractivity contribution in [1.82, 2.24) is 19.4 Å². The highest BCUT2D eigenvalue weighted by atomic mass is 32.1. The highest BCUT2D eigenvalue weighted by molar-refractivity contribution is 7.71. The molecule has 138 valence electrons. The van der Waals surface area contributed by atoms with Gasteiger partial charge in [0.1, 0.15) is 0 Å². The van der Waals surface area contributed by atoms with Crippen LogP contribution in [0.5, 0.6) is 0 Å². The van der Waals surface area contributed by atoms with Gasteiger partial charge in [-0.1, -0.05) is 24.3 Å². The van der Waals surface area contributed by atoms with E-state index in [9.17, 15) is 0 Å². The Morgan fingerprint density at radius 3 is 2.79 bits per heavy atom. The fourth-order valence-corrected chi connectivity index (χ4v) is 3.76. The van der Waals surface area contributed by atoms with Crippen molar-refractivity contribution in [1.29, 1.82) is 0 Å². The summed E-state index contributed by atoms with van der Waals surface area (Å²) in [5, 5.41) is 14.0. The van der Waals surface area contributed by atoms with Crippen molar-refractivity contribution in [2.45, 2.75) is 13.5 Å². The van der Waals surface area contributed by atoms with Gasteiger partial charge in [0.15, 0.2) is 5.76 Å². The summed E-state index contributed by atoms with van der Waals surface area (Å²) in [4.78, 5) is 0. The molecule has 0 unspecified atom stereocenters. The van der Waals surface area contributed by atoms with Crippen LogP contribution in [-0.4, -0.2) is 25.7 Å². The number of fused-ring (bicyclic) bond motifs is 3. The first kappa shape index (κ1) is 16.7. The maximum absolute atomic E-state index is 5.42. The molecule has 0 saturated carbocycles. The lowest BCUT2D eigenvalue weighted by molar-refractivity contribution is 0.573. The molecular formula is C21H17N5OS. The van der Waals surface area contributed by atoms with Gasteiger partial charge in [-0.2, -0.15) is 9.78 Å². The Morgan fingerprint density at radius 2 is 1.96 bits per heavy atom. The Kier molecular flexibility index (Phi) is 3.95. The molecule has 7 heteroatoms. The van der Waals surface area contributed by atoms with Crippen LogP contribution in [0.2, 0.25) is 0 Å². The zero-order valence-corrected chi connectivity index (χ0v) is 16.0. The Bertz CT molecular complexity index is 1370. The summed E-state index contributed by atoms with van der Waals surface area (Å²) in [6.45, 7) is 3.09. The molecule has 5 rings (SSSR count). The Balaban J connectivity index is 1.61. The summed E-state index contributed by atoms with van der Waals surface area (Å²) in [7, 11) is 0. The minimum Gasteiger partial charge on any atom is -0.461 e. The largest absolute Gasteiger partial charge is 0.461 e. The topological polar surface area (TPSA) is 64.0 Å². The fraction of sp³-hybridized carbons (Fsp3) is 0.0952. The molecule has 0 aliphatic rings. The van der Waals surface area contributed by atoms with E-state index in [0.717, 1.165) is 12.1 Å². The van der Waals surface area contributed by atoms with E-state index < -0.39 is 0 Å². The predicted molar refractivity (Wildman–Crippen MR) is 113 cm³/mol. The SMILES string of the molecule is CCn1c2ccccc2c2cc(C=Nn3c(-c4ccco4)n[nH]c3=S)ccc21. The van der Waals surface area contributed by atoms with Crippen LogP contribution >= 0.6 is 12.2 Å². The Hall–Kier alpha value is -3.45. The first-order chi connectivity index (χ1) is 13.8.